The van der Waals surface area contributed by atoms with Gasteiger partial charge in [-0.15, -0.1) is 0 Å². The average Bonchev–Trinajstić information content (AvgIpc) is 3.15. The molecule has 3 saturated heterocycles. The molecule has 0 aromatic heterocycles. The van der Waals surface area contributed by atoms with Crippen LogP contribution < -0.4 is 0 Å². The number of fused-ring (bicyclic) bond motifs is 3. The minimum Gasteiger partial charge on any atom is -0.449 e. The number of hydrogen-bond donors (Lipinski definition) is 0. The third kappa shape index (κ3) is 1.33. The van der Waals surface area contributed by atoms with Crippen molar-refractivity contribution in [2.24, 2.45) is 5.41 Å². The first-order valence-electron chi connectivity index (χ1n) is 7.17. The van der Waals surface area contributed by atoms with Gasteiger partial charge in [0.05, 0.1) is 12.1 Å². The number of unbranched alkanes of at least 4 members (excludes halogenated alkanes) is 2. The van der Waals surface area contributed by atoms with E-state index in [2.05, 4.69) is 32.7 Å². The van der Waals surface area contributed by atoms with Gasteiger partial charge in [0.25, 0.3) is 0 Å². The molecule has 3 aliphatic heterocycles. The lowest BCUT2D eigenvalue weighted by molar-refractivity contribution is 0.0494. The van der Waals surface area contributed by atoms with Gasteiger partial charge in [0.15, 0.2) is 0 Å². The van der Waals surface area contributed by atoms with E-state index in [1.165, 1.54) is 25.7 Å². The fourth-order valence-corrected chi connectivity index (χ4v) is 4.06. The number of cyclic esters (lactones) is 1. The summed E-state index contributed by atoms with van der Waals surface area (Å²) in [6.07, 6.45) is 4.91. The van der Waals surface area contributed by atoms with Gasteiger partial charge in [-0.2, -0.15) is 0 Å². The number of nitrogens with zero attached hydrogens (tertiary/aromatic N) is 2. The predicted molar refractivity (Wildman–Crippen MR) is 69.2 cm³/mol. The van der Waals surface area contributed by atoms with E-state index < -0.39 is 0 Å². The highest BCUT2D eigenvalue weighted by Gasteiger charge is 2.87. The molecule has 0 radical (unpaired) electrons. The summed E-state index contributed by atoms with van der Waals surface area (Å²) in [5, 5.41) is 0. The number of amides is 1. The quantitative estimate of drug-likeness (QED) is 0.569. The molecule has 18 heavy (non-hydrogen) atoms. The molecule has 0 aliphatic carbocycles. The van der Waals surface area contributed by atoms with Gasteiger partial charge in [0.2, 0.25) is 0 Å². The van der Waals surface area contributed by atoms with Crippen molar-refractivity contribution in [3.63, 3.8) is 0 Å². The Hall–Kier alpha value is -0.770. The first-order chi connectivity index (χ1) is 8.48. The number of carbonyl (C=O) groups is 1. The Labute approximate surface area is 109 Å². The average molecular weight is 252 g/mol. The van der Waals surface area contributed by atoms with Crippen LogP contribution in [0.4, 0.5) is 4.79 Å². The second-order valence-electron chi connectivity index (χ2n) is 6.72. The summed E-state index contributed by atoms with van der Waals surface area (Å²) in [5.74, 6) is 0. The van der Waals surface area contributed by atoms with Crippen molar-refractivity contribution >= 4 is 6.09 Å². The van der Waals surface area contributed by atoms with E-state index in [-0.39, 0.29) is 17.2 Å². The lowest BCUT2D eigenvalue weighted by Gasteiger charge is -2.27. The monoisotopic (exact) mass is 252 g/mol. The number of hydrogen-bond acceptors (Lipinski definition) is 3. The minimum absolute atomic E-state index is 0.0187. The van der Waals surface area contributed by atoms with Gasteiger partial charge in [-0.3, -0.25) is 9.80 Å². The molecule has 3 heterocycles. The van der Waals surface area contributed by atoms with Crippen LogP contribution in [0.2, 0.25) is 0 Å². The van der Waals surface area contributed by atoms with Crippen LogP contribution in [0.3, 0.4) is 0 Å². The first-order valence-corrected chi connectivity index (χ1v) is 7.17. The number of rotatable bonds is 4. The number of likely N-dealkylation sites (N-methyl/N-ethyl adjacent to an activating group) is 1. The normalized spacial score (nSPS) is 43.7. The van der Waals surface area contributed by atoms with Gasteiger partial charge in [-0.1, -0.05) is 40.0 Å². The van der Waals surface area contributed by atoms with E-state index in [9.17, 15) is 4.79 Å². The molecule has 4 atom stereocenters. The number of carbonyl (C=O) groups excluding carboxylic acids is 1. The van der Waals surface area contributed by atoms with Crippen molar-refractivity contribution in [1.82, 2.24) is 9.80 Å². The van der Waals surface area contributed by atoms with Gasteiger partial charge >= 0.3 is 6.09 Å². The third-order valence-corrected chi connectivity index (χ3v) is 5.02. The summed E-state index contributed by atoms with van der Waals surface area (Å²) in [6.45, 7) is 7.21. The maximum atomic E-state index is 11.9. The molecule has 0 aromatic carbocycles. The van der Waals surface area contributed by atoms with Gasteiger partial charge in [0.1, 0.15) is 12.3 Å². The van der Waals surface area contributed by atoms with Crippen LogP contribution in [-0.4, -0.2) is 47.3 Å². The van der Waals surface area contributed by atoms with E-state index in [1.807, 2.05) is 4.90 Å². The maximum absolute atomic E-state index is 11.9. The van der Waals surface area contributed by atoms with Gasteiger partial charge in [-0.05, 0) is 13.5 Å². The largest absolute Gasteiger partial charge is 0.449 e. The zero-order chi connectivity index (χ0) is 13.1. The summed E-state index contributed by atoms with van der Waals surface area (Å²) in [6, 6.07) is 0.918. The fraction of sp³-hybridized carbons (Fsp3) is 0.929. The van der Waals surface area contributed by atoms with E-state index in [1.54, 1.807) is 0 Å². The molecule has 3 rings (SSSR count). The molecule has 4 heteroatoms. The standard InChI is InChI=1S/C14H24N2O2/c1-5-6-7-8-10-14(15(10)4)11-13(2,3)9-18-12(17)16(11)14/h10-11H,5-9H2,1-4H3/t10-,11+,14?,15?,16?/m1/s1. The van der Waals surface area contributed by atoms with Crippen molar-refractivity contribution < 1.29 is 9.53 Å². The van der Waals surface area contributed by atoms with Crippen molar-refractivity contribution in [3.8, 4) is 0 Å². The molecule has 1 amide bonds. The van der Waals surface area contributed by atoms with Crippen molar-refractivity contribution in [3.05, 3.63) is 0 Å². The Bertz CT molecular complexity index is 382. The Kier molecular flexibility index (Phi) is 2.47. The van der Waals surface area contributed by atoms with Gasteiger partial charge < -0.3 is 4.74 Å². The van der Waals surface area contributed by atoms with Crippen LogP contribution >= 0.6 is 0 Å². The second kappa shape index (κ2) is 3.62. The summed E-state index contributed by atoms with van der Waals surface area (Å²) in [4.78, 5) is 16.2. The van der Waals surface area contributed by atoms with Crippen molar-refractivity contribution in [2.75, 3.05) is 13.7 Å². The lowest BCUT2D eigenvalue weighted by Crippen LogP contribution is -2.37. The van der Waals surface area contributed by atoms with E-state index >= 15 is 0 Å². The molecule has 3 fully saturated rings. The highest BCUT2D eigenvalue weighted by atomic mass is 16.6. The highest BCUT2D eigenvalue weighted by molar-refractivity contribution is 5.77. The van der Waals surface area contributed by atoms with E-state index in [4.69, 9.17) is 4.74 Å². The van der Waals surface area contributed by atoms with E-state index in [0.717, 1.165) is 0 Å². The summed E-state index contributed by atoms with van der Waals surface area (Å²) >= 11 is 0. The smallest absolute Gasteiger partial charge is 0.411 e. The van der Waals surface area contributed by atoms with Crippen LogP contribution in [-0.2, 0) is 4.74 Å². The molecular weight excluding hydrogens is 228 g/mol. The van der Waals surface area contributed by atoms with Crippen molar-refractivity contribution in [1.29, 1.82) is 0 Å². The number of ether oxygens (including phenoxy) is 1. The fourth-order valence-electron chi connectivity index (χ4n) is 4.06. The Morgan fingerprint density at radius 3 is 2.72 bits per heavy atom. The zero-order valence-corrected chi connectivity index (χ0v) is 11.9. The summed E-state index contributed by atoms with van der Waals surface area (Å²) < 4.78 is 5.31. The van der Waals surface area contributed by atoms with Crippen LogP contribution in [0.1, 0.15) is 46.5 Å². The zero-order valence-electron chi connectivity index (χ0n) is 11.9. The minimum atomic E-state index is -0.107. The molecule has 0 N–H and O–H groups in total. The van der Waals surface area contributed by atoms with Gasteiger partial charge in [-0.25, -0.2) is 4.79 Å². The van der Waals surface area contributed by atoms with Crippen LogP contribution in [0.25, 0.3) is 0 Å². The van der Waals surface area contributed by atoms with Crippen molar-refractivity contribution in [2.45, 2.75) is 64.2 Å². The van der Waals surface area contributed by atoms with Crippen LogP contribution in [0.15, 0.2) is 0 Å². The summed E-state index contributed by atoms with van der Waals surface area (Å²) in [7, 11) is 2.15. The molecule has 102 valence electrons. The molecule has 0 aromatic rings. The molecule has 1 spiro atoms. The summed E-state index contributed by atoms with van der Waals surface area (Å²) in [5.41, 5.74) is 0.104. The maximum Gasteiger partial charge on any atom is 0.411 e. The highest BCUT2D eigenvalue weighted by Crippen LogP contribution is 2.67. The Balaban J connectivity index is 1.72. The van der Waals surface area contributed by atoms with Gasteiger partial charge in [0, 0.05) is 5.41 Å². The molecular formula is C14H24N2O2. The van der Waals surface area contributed by atoms with E-state index in [0.29, 0.717) is 18.7 Å². The van der Waals surface area contributed by atoms with Crippen LogP contribution in [0.5, 0.6) is 0 Å². The lowest BCUT2D eigenvalue weighted by atomic mass is 9.86. The molecule has 2 unspecified atom stereocenters. The topological polar surface area (TPSA) is 32.3 Å². The second-order valence-corrected chi connectivity index (χ2v) is 6.72. The Morgan fingerprint density at radius 1 is 1.39 bits per heavy atom. The SMILES string of the molecule is CCCCC[C@H]1N(C)C12[C@H]1N2C(=O)OCC1(C)C. The van der Waals surface area contributed by atoms with Crippen LogP contribution in [0, 0.1) is 5.41 Å². The predicted octanol–water partition coefficient (Wildman–Crippen LogP) is 2.44. The third-order valence-electron chi connectivity index (χ3n) is 5.02. The molecule has 0 saturated carbocycles. The first kappa shape index (κ1) is 12.3. The Morgan fingerprint density at radius 2 is 2.11 bits per heavy atom. The molecule has 0 bridgehead atoms. The molecule has 3 aliphatic rings. The molecule has 4 nitrogen and oxygen atoms in total.